The number of esters is 1. The minimum Gasteiger partial charge on any atom is -0.457 e. The van der Waals surface area contributed by atoms with Crippen molar-refractivity contribution in [3.05, 3.63) is 127 Å². The van der Waals surface area contributed by atoms with Crippen LogP contribution in [0.25, 0.3) is 40.8 Å². The third-order valence-electron chi connectivity index (χ3n) is 7.50. The van der Waals surface area contributed by atoms with Crippen LogP contribution in [-0.4, -0.2) is 12.6 Å². The van der Waals surface area contributed by atoms with Crippen molar-refractivity contribution in [3.8, 4) is 0 Å². The number of thioether (sulfide) groups is 4. The van der Waals surface area contributed by atoms with Crippen LogP contribution < -0.4 is 10.4 Å². The largest absolute Gasteiger partial charge is 0.457 e. The second-order valence-electron chi connectivity index (χ2n) is 10.1. The third-order valence-corrected chi connectivity index (χ3v) is 12.8. The molecule has 41 heavy (non-hydrogen) atoms. The van der Waals surface area contributed by atoms with Gasteiger partial charge >= 0.3 is 5.97 Å². The van der Waals surface area contributed by atoms with Crippen molar-refractivity contribution < 1.29 is 9.53 Å². The number of benzene rings is 5. The quantitative estimate of drug-likeness (QED) is 0.150. The second kappa shape index (κ2) is 11.0. The summed E-state index contributed by atoms with van der Waals surface area (Å²) in [6.45, 7) is 6.82. The minimum absolute atomic E-state index is 0.266. The SMILES string of the molecule is CC1=C(C)SC(=c2c3ccccc3c(=C3SC(C)=C(COC(=O)c4ccc5ccccc5c4)S3)c3ccccc23)S1. The molecular weight excluding hydrogens is 581 g/mol. The standard InChI is InChI=1S/C35H26O2S4/c1-20-21(2)39-34(38-20)31-26-12-6-8-14-28(26)32(29-15-9-7-13-27(29)31)35-40-22(3)30(41-35)19-37-33(36)25-17-16-23-10-4-5-11-24(23)18-25/h4-18H,19H2,1-3H3. The monoisotopic (exact) mass is 606 g/mol. The van der Waals surface area contributed by atoms with Gasteiger partial charge in [-0.15, -0.1) is 0 Å². The molecule has 202 valence electrons. The van der Waals surface area contributed by atoms with Gasteiger partial charge in [0.1, 0.15) is 6.61 Å². The summed E-state index contributed by atoms with van der Waals surface area (Å²) in [5, 5.41) is 9.81. The summed E-state index contributed by atoms with van der Waals surface area (Å²) < 4.78 is 8.43. The fourth-order valence-corrected chi connectivity index (χ4v) is 10.6. The lowest BCUT2D eigenvalue weighted by atomic mass is 9.99. The van der Waals surface area contributed by atoms with Crippen molar-refractivity contribution in [3.63, 3.8) is 0 Å². The van der Waals surface area contributed by atoms with Crippen LogP contribution in [0.3, 0.4) is 0 Å². The van der Waals surface area contributed by atoms with Crippen molar-refractivity contribution in [1.82, 2.24) is 0 Å². The molecule has 0 N–H and O–H groups in total. The molecule has 0 fully saturated rings. The van der Waals surface area contributed by atoms with Gasteiger partial charge in [-0.3, -0.25) is 0 Å². The molecule has 2 nitrogen and oxygen atoms in total. The highest BCUT2D eigenvalue weighted by molar-refractivity contribution is 8.36. The summed E-state index contributed by atoms with van der Waals surface area (Å²) in [5.41, 5.74) is 0.578. The van der Waals surface area contributed by atoms with E-state index in [4.69, 9.17) is 4.74 Å². The first-order valence-corrected chi connectivity index (χ1v) is 16.7. The lowest BCUT2D eigenvalue weighted by Gasteiger charge is -2.11. The Morgan fingerprint density at radius 1 is 0.585 bits per heavy atom. The Kier molecular flexibility index (Phi) is 7.20. The molecule has 7 rings (SSSR count). The van der Waals surface area contributed by atoms with Crippen molar-refractivity contribution in [2.24, 2.45) is 0 Å². The summed E-state index contributed by atoms with van der Waals surface area (Å²) in [7, 11) is 0. The van der Waals surface area contributed by atoms with E-state index in [1.54, 1.807) is 23.5 Å². The van der Waals surface area contributed by atoms with Gasteiger partial charge in [0.25, 0.3) is 0 Å². The van der Waals surface area contributed by atoms with E-state index in [1.807, 2.05) is 66.0 Å². The molecule has 5 aromatic rings. The van der Waals surface area contributed by atoms with Crippen LogP contribution in [0.1, 0.15) is 31.1 Å². The summed E-state index contributed by atoms with van der Waals surface area (Å²) in [6.07, 6.45) is 0. The molecule has 2 heterocycles. The van der Waals surface area contributed by atoms with Gasteiger partial charge in [0.15, 0.2) is 0 Å². The Morgan fingerprint density at radius 2 is 1.07 bits per heavy atom. The Labute approximate surface area is 256 Å². The van der Waals surface area contributed by atoms with E-state index in [1.165, 1.54) is 55.2 Å². The highest BCUT2D eigenvalue weighted by Crippen LogP contribution is 2.51. The normalized spacial score (nSPS) is 15.7. The van der Waals surface area contributed by atoms with E-state index in [2.05, 4.69) is 69.3 Å². The molecule has 0 saturated carbocycles. The highest BCUT2D eigenvalue weighted by Gasteiger charge is 2.23. The van der Waals surface area contributed by atoms with Crippen LogP contribution >= 0.6 is 47.0 Å². The topological polar surface area (TPSA) is 26.3 Å². The fraction of sp³-hybridized carbons (Fsp3) is 0.114. The first-order chi connectivity index (χ1) is 20.0. The van der Waals surface area contributed by atoms with E-state index in [0.717, 1.165) is 15.7 Å². The maximum atomic E-state index is 13.0. The number of hydrogen-bond donors (Lipinski definition) is 0. The van der Waals surface area contributed by atoms with Gasteiger partial charge in [0, 0.05) is 20.2 Å². The number of carbonyl (C=O) groups is 1. The van der Waals surface area contributed by atoms with E-state index in [9.17, 15) is 4.79 Å². The third kappa shape index (κ3) is 4.91. The summed E-state index contributed by atoms with van der Waals surface area (Å²) in [4.78, 5) is 18.0. The fourth-order valence-electron chi connectivity index (χ4n) is 5.28. The molecule has 0 bridgehead atoms. The zero-order valence-electron chi connectivity index (χ0n) is 22.8. The molecule has 0 spiro atoms. The van der Waals surface area contributed by atoms with Gasteiger partial charge in [-0.2, -0.15) is 0 Å². The predicted octanol–water partition coefficient (Wildman–Crippen LogP) is 9.58. The molecule has 5 aromatic carbocycles. The number of ether oxygens (including phenoxy) is 1. The van der Waals surface area contributed by atoms with Crippen LogP contribution in [0.15, 0.2) is 111 Å². The smallest absolute Gasteiger partial charge is 0.338 e. The average molecular weight is 607 g/mol. The van der Waals surface area contributed by atoms with Crippen LogP contribution in [0.2, 0.25) is 0 Å². The molecule has 0 radical (unpaired) electrons. The first-order valence-electron chi connectivity index (χ1n) is 13.4. The second-order valence-corrected chi connectivity index (χ2v) is 15.4. The molecule has 2 aliphatic heterocycles. The zero-order valence-corrected chi connectivity index (χ0v) is 26.1. The number of rotatable bonds is 3. The lowest BCUT2D eigenvalue weighted by Crippen LogP contribution is -2.16. The highest BCUT2D eigenvalue weighted by atomic mass is 32.2. The van der Waals surface area contributed by atoms with Gasteiger partial charge in [0.05, 0.1) is 14.0 Å². The van der Waals surface area contributed by atoms with Gasteiger partial charge in [-0.25, -0.2) is 4.79 Å². The molecule has 0 aromatic heterocycles. The van der Waals surface area contributed by atoms with Gasteiger partial charge in [-0.1, -0.05) is 126 Å². The van der Waals surface area contributed by atoms with Crippen molar-refractivity contribution in [2.75, 3.05) is 6.61 Å². The summed E-state index contributed by atoms with van der Waals surface area (Å²) in [6, 6.07) is 31.4. The number of allylic oxidation sites excluding steroid dienone is 3. The molecule has 0 atom stereocenters. The maximum absolute atomic E-state index is 13.0. The Balaban J connectivity index is 1.28. The Hall–Kier alpha value is -3.03. The minimum atomic E-state index is -0.293. The van der Waals surface area contributed by atoms with E-state index < -0.39 is 0 Å². The number of fused-ring (bicyclic) bond motifs is 3. The zero-order chi connectivity index (χ0) is 28.1. The van der Waals surface area contributed by atoms with Crippen molar-refractivity contribution >= 4 is 93.8 Å². The number of carbonyl (C=O) groups excluding carboxylic acids is 1. The van der Waals surface area contributed by atoms with Crippen LogP contribution in [0.5, 0.6) is 0 Å². The van der Waals surface area contributed by atoms with Gasteiger partial charge in [0.2, 0.25) is 0 Å². The summed E-state index contributed by atoms with van der Waals surface area (Å²) in [5.74, 6) is -0.293. The molecule has 0 saturated heterocycles. The lowest BCUT2D eigenvalue weighted by molar-refractivity contribution is 0.0546. The Bertz CT molecular complexity index is 2030. The first kappa shape index (κ1) is 26.8. The van der Waals surface area contributed by atoms with E-state index in [-0.39, 0.29) is 12.6 Å². The van der Waals surface area contributed by atoms with E-state index >= 15 is 0 Å². The molecule has 0 amide bonds. The molecule has 0 aliphatic carbocycles. The molecular formula is C35H26O2S4. The molecule has 0 unspecified atom stereocenters. The Morgan fingerprint density at radius 3 is 1.66 bits per heavy atom. The van der Waals surface area contributed by atoms with Crippen LogP contribution in [0, 0.1) is 0 Å². The predicted molar refractivity (Wildman–Crippen MR) is 183 cm³/mol. The van der Waals surface area contributed by atoms with E-state index in [0.29, 0.717) is 5.56 Å². The van der Waals surface area contributed by atoms with Crippen molar-refractivity contribution in [2.45, 2.75) is 20.8 Å². The molecule has 2 aliphatic rings. The number of hydrogen-bond acceptors (Lipinski definition) is 6. The maximum Gasteiger partial charge on any atom is 0.338 e. The van der Waals surface area contributed by atoms with Crippen molar-refractivity contribution in [1.29, 1.82) is 0 Å². The van der Waals surface area contributed by atoms with Crippen LogP contribution in [-0.2, 0) is 4.74 Å². The summed E-state index contributed by atoms with van der Waals surface area (Å²) >= 11 is 7.30. The van der Waals surface area contributed by atoms with Gasteiger partial charge in [-0.05, 0) is 75.0 Å². The van der Waals surface area contributed by atoms with Gasteiger partial charge < -0.3 is 4.74 Å². The average Bonchev–Trinajstić information content (AvgIpc) is 3.53. The van der Waals surface area contributed by atoms with Crippen LogP contribution in [0.4, 0.5) is 0 Å². The molecule has 6 heteroatoms.